The van der Waals surface area contributed by atoms with Crippen LogP contribution < -0.4 is 0 Å². The van der Waals surface area contributed by atoms with Gasteiger partial charge in [0.2, 0.25) is 5.79 Å². The van der Waals surface area contributed by atoms with Gasteiger partial charge < -0.3 is 54.7 Å². The minimum absolute atomic E-state index is 0.113. The number of ether oxygens (including phenoxy) is 4. The summed E-state index contributed by atoms with van der Waals surface area (Å²) in [4.78, 5) is 12.2. The Bertz CT molecular complexity index is 575. The number of unbranched alkanes of at least 4 members (excludes halogenated alkanes) is 4. The van der Waals surface area contributed by atoms with Crippen LogP contribution in [-0.2, 0) is 23.7 Å². The topological polar surface area (TPSA) is 196 Å². The van der Waals surface area contributed by atoms with E-state index < -0.39 is 80.6 Å². The van der Waals surface area contributed by atoms with Gasteiger partial charge in [0.25, 0.3) is 0 Å². The third kappa shape index (κ3) is 6.35. The Balaban J connectivity index is 2.08. The zero-order valence-corrected chi connectivity index (χ0v) is 18.2. The van der Waals surface area contributed by atoms with E-state index in [1.807, 2.05) is 0 Å². The van der Waals surface area contributed by atoms with Crippen LogP contribution in [0.3, 0.4) is 0 Å². The van der Waals surface area contributed by atoms with Crippen molar-refractivity contribution < 1.29 is 59.5 Å². The number of aliphatic hydroxyl groups excluding tert-OH is 7. The molecule has 0 spiro atoms. The molecule has 2 heterocycles. The molecule has 12 nitrogen and oxygen atoms in total. The number of carbonyl (C=O) groups is 1. The molecule has 1 unspecified atom stereocenters. The predicted molar refractivity (Wildman–Crippen MR) is 106 cm³/mol. The Labute approximate surface area is 186 Å². The molecule has 2 aliphatic heterocycles. The number of hydrogen-bond donors (Lipinski definition) is 7. The van der Waals surface area contributed by atoms with E-state index in [1.54, 1.807) is 0 Å². The largest absolute Gasteiger partial charge is 0.460 e. The second kappa shape index (κ2) is 12.5. The van der Waals surface area contributed by atoms with Crippen molar-refractivity contribution in [2.45, 2.75) is 100 Å². The summed E-state index contributed by atoms with van der Waals surface area (Å²) in [5, 5.41) is 69.6. The fourth-order valence-electron chi connectivity index (χ4n) is 3.74. The molecule has 0 aromatic rings. The van der Waals surface area contributed by atoms with Gasteiger partial charge in [0.05, 0.1) is 13.2 Å². The maximum Gasteiger partial charge on any atom is 0.305 e. The van der Waals surface area contributed by atoms with Crippen molar-refractivity contribution >= 4 is 5.97 Å². The Morgan fingerprint density at radius 2 is 1.53 bits per heavy atom. The van der Waals surface area contributed by atoms with Crippen LogP contribution in [0.4, 0.5) is 0 Å². The minimum atomic E-state index is -2.24. The van der Waals surface area contributed by atoms with Gasteiger partial charge in [-0.1, -0.05) is 32.6 Å². The first-order valence-electron chi connectivity index (χ1n) is 11.0. The van der Waals surface area contributed by atoms with E-state index in [9.17, 15) is 40.5 Å². The molecule has 0 aromatic carbocycles. The van der Waals surface area contributed by atoms with Gasteiger partial charge in [-0.2, -0.15) is 0 Å². The first-order chi connectivity index (χ1) is 15.2. The average molecular weight is 468 g/mol. The lowest BCUT2D eigenvalue weighted by molar-refractivity contribution is -0.383. The number of esters is 1. The molecule has 0 radical (unpaired) electrons. The molecule has 0 bridgehead atoms. The quantitative estimate of drug-likeness (QED) is 0.118. The molecule has 2 rings (SSSR count). The number of aliphatic hydroxyl groups is 7. The van der Waals surface area contributed by atoms with Gasteiger partial charge in [-0.25, -0.2) is 0 Å². The van der Waals surface area contributed by atoms with Crippen LogP contribution in [0.2, 0.25) is 0 Å². The lowest BCUT2D eigenvalue weighted by Crippen LogP contribution is -2.62. The molecule has 2 fully saturated rings. The molecule has 0 aromatic heterocycles. The maximum absolute atomic E-state index is 12.2. The Morgan fingerprint density at radius 1 is 0.875 bits per heavy atom. The molecule has 7 N–H and O–H groups in total. The molecule has 188 valence electrons. The molecule has 0 aliphatic carbocycles. The van der Waals surface area contributed by atoms with Crippen LogP contribution in [0.25, 0.3) is 0 Å². The van der Waals surface area contributed by atoms with Crippen LogP contribution >= 0.6 is 0 Å². The van der Waals surface area contributed by atoms with E-state index in [0.717, 1.165) is 25.7 Å². The minimum Gasteiger partial charge on any atom is -0.460 e. The summed E-state index contributed by atoms with van der Waals surface area (Å²) in [5.74, 6) is -2.84. The molecule has 0 amide bonds. The van der Waals surface area contributed by atoms with Gasteiger partial charge in [-0.3, -0.25) is 4.79 Å². The zero-order valence-electron chi connectivity index (χ0n) is 18.2. The summed E-state index contributed by atoms with van der Waals surface area (Å²) < 4.78 is 21.5. The monoisotopic (exact) mass is 468 g/mol. The summed E-state index contributed by atoms with van der Waals surface area (Å²) in [6, 6.07) is 0. The van der Waals surface area contributed by atoms with Gasteiger partial charge in [0.15, 0.2) is 6.29 Å². The molecule has 0 saturated carbocycles. The molecule has 2 aliphatic rings. The third-order valence-electron chi connectivity index (χ3n) is 5.77. The third-order valence-corrected chi connectivity index (χ3v) is 5.77. The molecular formula is C20H36O12. The van der Waals surface area contributed by atoms with Gasteiger partial charge >= 0.3 is 5.97 Å². The van der Waals surface area contributed by atoms with Gasteiger partial charge in [0.1, 0.15) is 49.3 Å². The molecule has 12 heteroatoms. The smallest absolute Gasteiger partial charge is 0.305 e. The fraction of sp³-hybridized carbons (Fsp3) is 0.950. The highest BCUT2D eigenvalue weighted by Crippen LogP contribution is 2.36. The molecule has 2 saturated heterocycles. The van der Waals surface area contributed by atoms with Crippen LogP contribution in [0.15, 0.2) is 0 Å². The van der Waals surface area contributed by atoms with Crippen molar-refractivity contribution in [3.05, 3.63) is 0 Å². The fourth-order valence-corrected chi connectivity index (χ4v) is 3.74. The summed E-state index contributed by atoms with van der Waals surface area (Å²) in [5.41, 5.74) is 0. The SMILES string of the molecule is CCCCCCCC(=O)OCC1(O[C@H]2O[C@H](CO)[C@@H](O)[C@H](O)[C@H]2O)O[C@H](CO)[C@@H](O)[C@@H]1O. The normalized spacial score (nSPS) is 39.9. The van der Waals surface area contributed by atoms with E-state index in [0.29, 0.717) is 6.42 Å². The van der Waals surface area contributed by atoms with E-state index in [1.165, 1.54) is 0 Å². The van der Waals surface area contributed by atoms with Crippen LogP contribution in [0.1, 0.15) is 45.4 Å². The molecule has 32 heavy (non-hydrogen) atoms. The Morgan fingerprint density at radius 3 is 2.12 bits per heavy atom. The average Bonchev–Trinajstić information content (AvgIpc) is 3.02. The summed E-state index contributed by atoms with van der Waals surface area (Å²) >= 11 is 0. The van der Waals surface area contributed by atoms with E-state index in [-0.39, 0.29) is 6.42 Å². The van der Waals surface area contributed by atoms with Gasteiger partial charge in [-0.15, -0.1) is 0 Å². The van der Waals surface area contributed by atoms with Crippen molar-refractivity contribution in [1.82, 2.24) is 0 Å². The van der Waals surface area contributed by atoms with Crippen molar-refractivity contribution in [3.63, 3.8) is 0 Å². The van der Waals surface area contributed by atoms with Crippen molar-refractivity contribution in [1.29, 1.82) is 0 Å². The maximum atomic E-state index is 12.2. The second-order valence-electron chi connectivity index (χ2n) is 8.23. The Kier molecular flexibility index (Phi) is 10.7. The number of hydrogen-bond acceptors (Lipinski definition) is 12. The summed E-state index contributed by atoms with van der Waals surface area (Å²) in [7, 11) is 0. The van der Waals surface area contributed by atoms with E-state index in [2.05, 4.69) is 6.92 Å². The van der Waals surface area contributed by atoms with E-state index >= 15 is 0 Å². The highest BCUT2D eigenvalue weighted by Gasteiger charge is 2.59. The van der Waals surface area contributed by atoms with Crippen LogP contribution in [0.5, 0.6) is 0 Å². The lowest BCUT2D eigenvalue weighted by atomic mass is 9.99. The van der Waals surface area contributed by atoms with Crippen LogP contribution in [-0.4, -0.2) is 116 Å². The van der Waals surface area contributed by atoms with Gasteiger partial charge in [-0.05, 0) is 6.42 Å². The highest BCUT2D eigenvalue weighted by molar-refractivity contribution is 5.69. The second-order valence-corrected chi connectivity index (χ2v) is 8.23. The lowest BCUT2D eigenvalue weighted by Gasteiger charge is -2.43. The number of carbonyl (C=O) groups excluding carboxylic acids is 1. The van der Waals surface area contributed by atoms with Gasteiger partial charge in [0, 0.05) is 6.42 Å². The standard InChI is InChI=1S/C20H36O12/c1-2-3-4-5-6-7-13(23)29-10-20(18(28)15(25)12(9-22)31-20)32-19-17(27)16(26)14(24)11(8-21)30-19/h11-12,14-19,21-22,24-28H,2-10H2,1H3/t11-,12-,14-,15-,16+,17-,18+,19-,20?/m1/s1. The first-order valence-corrected chi connectivity index (χ1v) is 11.0. The van der Waals surface area contributed by atoms with Crippen molar-refractivity contribution in [3.8, 4) is 0 Å². The number of rotatable bonds is 12. The first kappa shape index (κ1) is 27.3. The Hall–Kier alpha value is -0.930. The molecule has 9 atom stereocenters. The van der Waals surface area contributed by atoms with E-state index in [4.69, 9.17) is 18.9 Å². The summed E-state index contributed by atoms with van der Waals surface area (Å²) in [6.07, 6.45) is -8.28. The zero-order chi connectivity index (χ0) is 23.9. The van der Waals surface area contributed by atoms with Crippen molar-refractivity contribution in [2.24, 2.45) is 0 Å². The molecular weight excluding hydrogens is 432 g/mol. The van der Waals surface area contributed by atoms with Crippen molar-refractivity contribution in [2.75, 3.05) is 19.8 Å². The summed E-state index contributed by atoms with van der Waals surface area (Å²) in [6.45, 7) is -0.0336. The van der Waals surface area contributed by atoms with Crippen LogP contribution in [0, 0.1) is 0 Å². The predicted octanol–water partition coefficient (Wildman–Crippen LogP) is -2.48. The highest BCUT2D eigenvalue weighted by atomic mass is 16.8.